The van der Waals surface area contributed by atoms with Gasteiger partial charge in [0.1, 0.15) is 0 Å². The third-order valence-corrected chi connectivity index (χ3v) is 1.76. The molecule has 0 aliphatic heterocycles. The number of hydrogen-bond acceptors (Lipinski definition) is 2. The monoisotopic (exact) mass is 167 g/mol. The standard InChI is InChI=1S/C9H13NO2/c1-6(2)8-7(4-5-10-8)9(11)12-3/h4-6,10H,1-3H3. The first kappa shape index (κ1) is 8.84. The minimum absolute atomic E-state index is 0.278. The first-order chi connectivity index (χ1) is 5.66. The molecule has 0 aliphatic carbocycles. The number of H-pyrrole nitrogens is 1. The maximum Gasteiger partial charge on any atom is 0.339 e. The van der Waals surface area contributed by atoms with Crippen molar-refractivity contribution >= 4 is 5.97 Å². The molecule has 0 radical (unpaired) electrons. The van der Waals surface area contributed by atoms with Gasteiger partial charge in [-0.2, -0.15) is 0 Å². The van der Waals surface area contributed by atoms with E-state index in [1.165, 1.54) is 7.11 Å². The summed E-state index contributed by atoms with van der Waals surface area (Å²) in [5, 5.41) is 0. The zero-order valence-electron chi connectivity index (χ0n) is 7.55. The van der Waals surface area contributed by atoms with Gasteiger partial charge in [0.15, 0.2) is 0 Å². The maximum atomic E-state index is 11.2. The summed E-state index contributed by atoms with van der Waals surface area (Å²) in [4.78, 5) is 14.2. The molecule has 1 N–H and O–H groups in total. The average molecular weight is 167 g/mol. The molecule has 0 bridgehead atoms. The van der Waals surface area contributed by atoms with Crippen molar-refractivity contribution in [2.24, 2.45) is 0 Å². The Morgan fingerprint density at radius 1 is 1.58 bits per heavy atom. The Morgan fingerprint density at radius 2 is 2.25 bits per heavy atom. The van der Waals surface area contributed by atoms with Crippen LogP contribution in [0.2, 0.25) is 0 Å². The van der Waals surface area contributed by atoms with E-state index in [9.17, 15) is 4.79 Å². The summed E-state index contributed by atoms with van der Waals surface area (Å²) in [6.45, 7) is 4.05. The normalized spacial score (nSPS) is 10.3. The fourth-order valence-electron chi connectivity index (χ4n) is 1.15. The third-order valence-electron chi connectivity index (χ3n) is 1.76. The molecule has 0 unspecified atom stereocenters. The molecular weight excluding hydrogens is 154 g/mol. The van der Waals surface area contributed by atoms with Gasteiger partial charge in [-0.1, -0.05) is 13.8 Å². The van der Waals surface area contributed by atoms with Gasteiger partial charge in [-0.3, -0.25) is 0 Å². The van der Waals surface area contributed by atoms with Gasteiger partial charge in [0.05, 0.1) is 12.7 Å². The van der Waals surface area contributed by atoms with E-state index in [1.807, 2.05) is 13.8 Å². The Bertz CT molecular complexity index is 276. The lowest BCUT2D eigenvalue weighted by atomic mass is 10.1. The summed E-state index contributed by atoms with van der Waals surface area (Å²) >= 11 is 0. The van der Waals surface area contributed by atoms with Crippen LogP contribution in [0, 0.1) is 0 Å². The summed E-state index contributed by atoms with van der Waals surface area (Å²) in [6.07, 6.45) is 1.75. The molecule has 0 atom stereocenters. The van der Waals surface area contributed by atoms with E-state index in [0.717, 1.165) is 5.69 Å². The van der Waals surface area contributed by atoms with Crippen LogP contribution >= 0.6 is 0 Å². The Morgan fingerprint density at radius 3 is 2.75 bits per heavy atom. The number of ether oxygens (including phenoxy) is 1. The predicted molar refractivity (Wildman–Crippen MR) is 46.2 cm³/mol. The number of carbonyl (C=O) groups is 1. The maximum absolute atomic E-state index is 11.2. The van der Waals surface area contributed by atoms with E-state index in [1.54, 1.807) is 12.3 Å². The molecule has 0 saturated heterocycles. The Balaban J connectivity index is 2.99. The highest BCUT2D eigenvalue weighted by atomic mass is 16.5. The largest absolute Gasteiger partial charge is 0.465 e. The van der Waals surface area contributed by atoms with Crippen molar-refractivity contribution in [3.05, 3.63) is 23.5 Å². The number of hydrogen-bond donors (Lipinski definition) is 1. The van der Waals surface area contributed by atoms with Gasteiger partial charge in [-0.25, -0.2) is 4.79 Å². The van der Waals surface area contributed by atoms with Crippen LogP contribution in [0.15, 0.2) is 12.3 Å². The minimum atomic E-state index is -0.278. The van der Waals surface area contributed by atoms with E-state index in [2.05, 4.69) is 9.72 Å². The van der Waals surface area contributed by atoms with Crippen LogP contribution in [0.3, 0.4) is 0 Å². The first-order valence-electron chi connectivity index (χ1n) is 3.92. The van der Waals surface area contributed by atoms with E-state index in [-0.39, 0.29) is 5.97 Å². The molecule has 1 heterocycles. The molecule has 1 aromatic heterocycles. The number of esters is 1. The molecular formula is C9H13NO2. The van der Waals surface area contributed by atoms with Crippen LogP contribution in [-0.4, -0.2) is 18.1 Å². The summed E-state index contributed by atoms with van der Waals surface area (Å²) in [6, 6.07) is 1.74. The second kappa shape index (κ2) is 3.43. The number of nitrogens with one attached hydrogen (secondary N) is 1. The van der Waals surface area contributed by atoms with Gasteiger partial charge >= 0.3 is 5.97 Å². The molecule has 1 rings (SSSR count). The predicted octanol–water partition coefficient (Wildman–Crippen LogP) is 1.92. The quantitative estimate of drug-likeness (QED) is 0.684. The highest BCUT2D eigenvalue weighted by molar-refractivity contribution is 5.90. The molecule has 0 amide bonds. The van der Waals surface area contributed by atoms with Gasteiger partial charge in [0.2, 0.25) is 0 Å². The molecule has 0 saturated carbocycles. The van der Waals surface area contributed by atoms with Crippen molar-refractivity contribution in [2.75, 3.05) is 7.11 Å². The highest BCUT2D eigenvalue weighted by Gasteiger charge is 2.14. The Labute approximate surface area is 71.7 Å². The highest BCUT2D eigenvalue weighted by Crippen LogP contribution is 2.17. The minimum Gasteiger partial charge on any atom is -0.465 e. The molecule has 0 aromatic carbocycles. The topological polar surface area (TPSA) is 42.1 Å². The molecule has 3 heteroatoms. The number of aromatic nitrogens is 1. The summed E-state index contributed by atoms with van der Waals surface area (Å²) < 4.78 is 4.63. The molecule has 0 fully saturated rings. The van der Waals surface area contributed by atoms with Crippen LogP contribution in [0.25, 0.3) is 0 Å². The smallest absolute Gasteiger partial charge is 0.339 e. The SMILES string of the molecule is COC(=O)c1cc[nH]c1C(C)C. The van der Waals surface area contributed by atoms with Gasteiger partial charge < -0.3 is 9.72 Å². The van der Waals surface area contributed by atoms with Crippen molar-refractivity contribution in [3.8, 4) is 0 Å². The lowest BCUT2D eigenvalue weighted by molar-refractivity contribution is 0.0599. The van der Waals surface area contributed by atoms with Crippen molar-refractivity contribution in [1.82, 2.24) is 4.98 Å². The van der Waals surface area contributed by atoms with Gasteiger partial charge in [0, 0.05) is 11.9 Å². The van der Waals surface area contributed by atoms with Crippen LogP contribution in [0.5, 0.6) is 0 Å². The zero-order valence-corrected chi connectivity index (χ0v) is 7.55. The fourth-order valence-corrected chi connectivity index (χ4v) is 1.15. The molecule has 0 spiro atoms. The second-order valence-electron chi connectivity index (χ2n) is 2.95. The van der Waals surface area contributed by atoms with Gasteiger partial charge in [-0.05, 0) is 12.0 Å². The zero-order chi connectivity index (χ0) is 9.14. The van der Waals surface area contributed by atoms with Crippen molar-refractivity contribution in [1.29, 1.82) is 0 Å². The Hall–Kier alpha value is -1.25. The van der Waals surface area contributed by atoms with E-state index in [0.29, 0.717) is 11.5 Å². The molecule has 3 nitrogen and oxygen atoms in total. The second-order valence-corrected chi connectivity index (χ2v) is 2.95. The molecule has 12 heavy (non-hydrogen) atoms. The molecule has 1 aromatic rings. The lowest BCUT2D eigenvalue weighted by Crippen LogP contribution is -2.04. The van der Waals surface area contributed by atoms with Crippen molar-refractivity contribution in [2.45, 2.75) is 19.8 Å². The fraction of sp³-hybridized carbons (Fsp3) is 0.444. The number of methoxy groups -OCH3 is 1. The van der Waals surface area contributed by atoms with Gasteiger partial charge in [-0.15, -0.1) is 0 Å². The van der Waals surface area contributed by atoms with E-state index < -0.39 is 0 Å². The van der Waals surface area contributed by atoms with Crippen LogP contribution in [-0.2, 0) is 4.74 Å². The number of carbonyl (C=O) groups excluding carboxylic acids is 1. The van der Waals surface area contributed by atoms with Crippen molar-refractivity contribution in [3.63, 3.8) is 0 Å². The summed E-state index contributed by atoms with van der Waals surface area (Å²) in [5.41, 5.74) is 1.56. The average Bonchev–Trinajstić information content (AvgIpc) is 2.50. The number of aromatic amines is 1. The summed E-state index contributed by atoms with van der Waals surface area (Å²) in [5.74, 6) is 0.0362. The van der Waals surface area contributed by atoms with Crippen LogP contribution in [0.4, 0.5) is 0 Å². The van der Waals surface area contributed by atoms with Crippen LogP contribution in [0.1, 0.15) is 35.8 Å². The first-order valence-corrected chi connectivity index (χ1v) is 3.92. The van der Waals surface area contributed by atoms with E-state index >= 15 is 0 Å². The van der Waals surface area contributed by atoms with Gasteiger partial charge in [0.25, 0.3) is 0 Å². The van der Waals surface area contributed by atoms with Crippen LogP contribution < -0.4 is 0 Å². The third kappa shape index (κ3) is 1.49. The Kier molecular flexibility index (Phi) is 2.53. The lowest BCUT2D eigenvalue weighted by Gasteiger charge is -2.04. The summed E-state index contributed by atoms with van der Waals surface area (Å²) in [7, 11) is 1.39. The molecule has 0 aliphatic rings. The molecule has 66 valence electrons. The van der Waals surface area contributed by atoms with E-state index in [4.69, 9.17) is 0 Å². The van der Waals surface area contributed by atoms with Crippen molar-refractivity contribution < 1.29 is 9.53 Å². The number of rotatable bonds is 2.